The maximum atomic E-state index is 4.19. The molecule has 0 unspecified atom stereocenters. The highest BCUT2D eigenvalue weighted by Crippen LogP contribution is 2.19. The summed E-state index contributed by atoms with van der Waals surface area (Å²) in [4.78, 5) is 5.46. The maximum Gasteiger partial charge on any atom is 0.0416 e. The zero-order chi connectivity index (χ0) is 12.1. The molecule has 0 aliphatic rings. The first-order valence-corrected chi connectivity index (χ1v) is 6.79. The van der Waals surface area contributed by atoms with Gasteiger partial charge in [0.25, 0.3) is 0 Å². The summed E-state index contributed by atoms with van der Waals surface area (Å²) < 4.78 is 0. The van der Waals surface area contributed by atoms with Crippen molar-refractivity contribution in [3.05, 3.63) is 53.9 Å². The molecular weight excluding hydrogens is 228 g/mol. The minimum Gasteiger partial charge on any atom is -0.381 e. The second kappa shape index (κ2) is 5.73. The van der Waals surface area contributed by atoms with Gasteiger partial charge in [-0.2, -0.15) is 0 Å². The average molecular weight is 244 g/mol. The van der Waals surface area contributed by atoms with E-state index in [1.807, 2.05) is 12.4 Å². The summed E-state index contributed by atoms with van der Waals surface area (Å²) >= 11 is 1.75. The predicted molar refractivity (Wildman–Crippen MR) is 74.5 cm³/mol. The van der Waals surface area contributed by atoms with Crippen molar-refractivity contribution in [2.45, 2.75) is 18.4 Å². The Morgan fingerprint density at radius 3 is 2.88 bits per heavy atom. The van der Waals surface area contributed by atoms with Crippen LogP contribution in [-0.4, -0.2) is 11.2 Å². The van der Waals surface area contributed by atoms with Crippen LogP contribution in [0.2, 0.25) is 0 Å². The molecule has 2 nitrogen and oxygen atoms in total. The normalized spacial score (nSPS) is 10.2. The molecule has 3 heteroatoms. The summed E-state index contributed by atoms with van der Waals surface area (Å²) in [7, 11) is 0. The van der Waals surface area contributed by atoms with Crippen molar-refractivity contribution in [3.8, 4) is 0 Å². The first-order valence-electron chi connectivity index (χ1n) is 5.56. The lowest BCUT2D eigenvalue weighted by Gasteiger charge is -2.07. The van der Waals surface area contributed by atoms with Gasteiger partial charge in [-0.3, -0.25) is 4.98 Å². The van der Waals surface area contributed by atoms with Crippen LogP contribution in [0.5, 0.6) is 0 Å². The molecule has 0 amide bonds. The molecule has 0 fully saturated rings. The maximum absolute atomic E-state index is 4.19. The lowest BCUT2D eigenvalue weighted by molar-refractivity contribution is 1.09. The highest BCUT2D eigenvalue weighted by Gasteiger charge is 1.96. The molecule has 0 saturated carbocycles. The molecule has 0 bridgehead atoms. The number of thioether (sulfide) groups is 1. The van der Waals surface area contributed by atoms with Gasteiger partial charge < -0.3 is 5.32 Å². The molecule has 17 heavy (non-hydrogen) atoms. The van der Waals surface area contributed by atoms with E-state index in [1.54, 1.807) is 11.8 Å². The Hall–Kier alpha value is -1.48. The van der Waals surface area contributed by atoms with Gasteiger partial charge in [-0.15, -0.1) is 11.8 Å². The predicted octanol–water partition coefficient (Wildman–Crippen LogP) is 3.72. The molecule has 0 spiro atoms. The van der Waals surface area contributed by atoms with Crippen LogP contribution in [0.15, 0.2) is 47.6 Å². The average Bonchev–Trinajstić information content (AvgIpc) is 2.37. The first kappa shape index (κ1) is 12.0. The van der Waals surface area contributed by atoms with Crippen LogP contribution in [0.3, 0.4) is 0 Å². The fraction of sp³-hybridized carbons (Fsp3) is 0.214. The van der Waals surface area contributed by atoms with Gasteiger partial charge in [-0.25, -0.2) is 0 Å². The van der Waals surface area contributed by atoms with E-state index in [0.717, 1.165) is 12.2 Å². The van der Waals surface area contributed by atoms with E-state index < -0.39 is 0 Å². The molecule has 0 aliphatic carbocycles. The minimum atomic E-state index is 0.812. The summed E-state index contributed by atoms with van der Waals surface area (Å²) in [5, 5.41) is 3.41. The van der Waals surface area contributed by atoms with Crippen LogP contribution in [0.25, 0.3) is 0 Å². The molecule has 2 rings (SSSR count). The van der Waals surface area contributed by atoms with Gasteiger partial charge >= 0.3 is 0 Å². The third-order valence-electron chi connectivity index (χ3n) is 2.50. The molecule has 0 atom stereocenters. The highest BCUT2D eigenvalue weighted by molar-refractivity contribution is 7.98. The Morgan fingerprint density at radius 2 is 2.12 bits per heavy atom. The zero-order valence-corrected chi connectivity index (χ0v) is 10.9. The molecule has 1 N–H and O–H groups in total. The van der Waals surface area contributed by atoms with E-state index in [9.17, 15) is 0 Å². The molecule has 1 heterocycles. The van der Waals surface area contributed by atoms with Crippen molar-refractivity contribution in [3.63, 3.8) is 0 Å². The van der Waals surface area contributed by atoms with Crippen LogP contribution in [0.1, 0.15) is 11.1 Å². The Morgan fingerprint density at radius 1 is 1.24 bits per heavy atom. The van der Waals surface area contributed by atoms with Gasteiger partial charge in [0.05, 0.1) is 0 Å². The van der Waals surface area contributed by atoms with E-state index in [0.29, 0.717) is 0 Å². The van der Waals surface area contributed by atoms with Crippen molar-refractivity contribution in [2.24, 2.45) is 0 Å². The molecular formula is C14H16N2S. The van der Waals surface area contributed by atoms with Crippen molar-refractivity contribution < 1.29 is 0 Å². The second-order valence-electron chi connectivity index (χ2n) is 3.96. The van der Waals surface area contributed by atoms with Gasteiger partial charge in [-0.1, -0.05) is 12.1 Å². The molecule has 0 saturated heterocycles. The Bertz CT molecular complexity index is 497. The van der Waals surface area contributed by atoms with Gasteiger partial charge in [-0.05, 0) is 42.5 Å². The Labute approximate surface area is 106 Å². The number of anilines is 1. The molecule has 0 radical (unpaired) electrons. The standard InChI is InChI=1S/C14H16N2S/c1-11-6-12(9-15-8-11)10-16-13-4-3-5-14(7-13)17-2/h3-9,16H,10H2,1-2H3. The fourth-order valence-electron chi connectivity index (χ4n) is 1.65. The smallest absolute Gasteiger partial charge is 0.0416 e. The summed E-state index contributed by atoms with van der Waals surface area (Å²) in [6, 6.07) is 10.6. The monoisotopic (exact) mass is 244 g/mol. The summed E-state index contributed by atoms with van der Waals surface area (Å²) in [6.07, 6.45) is 5.86. The molecule has 88 valence electrons. The van der Waals surface area contributed by atoms with Crippen molar-refractivity contribution in [1.29, 1.82) is 0 Å². The number of rotatable bonds is 4. The lowest BCUT2D eigenvalue weighted by Crippen LogP contribution is -2.00. The van der Waals surface area contributed by atoms with Gasteiger partial charge in [0.15, 0.2) is 0 Å². The van der Waals surface area contributed by atoms with E-state index in [2.05, 4.69) is 53.8 Å². The van der Waals surface area contributed by atoms with Crippen LogP contribution >= 0.6 is 11.8 Å². The SMILES string of the molecule is CSc1cccc(NCc2cncc(C)c2)c1. The molecule has 2 aromatic rings. The molecule has 1 aromatic heterocycles. The number of aryl methyl sites for hydroxylation is 1. The fourth-order valence-corrected chi connectivity index (χ4v) is 2.11. The topological polar surface area (TPSA) is 24.9 Å². The summed E-state index contributed by atoms with van der Waals surface area (Å²) in [6.45, 7) is 2.87. The number of hydrogen-bond donors (Lipinski definition) is 1. The quantitative estimate of drug-likeness (QED) is 0.830. The highest BCUT2D eigenvalue weighted by atomic mass is 32.2. The van der Waals surface area contributed by atoms with E-state index in [-0.39, 0.29) is 0 Å². The van der Waals surface area contributed by atoms with Crippen molar-refractivity contribution >= 4 is 17.4 Å². The number of hydrogen-bond acceptors (Lipinski definition) is 3. The zero-order valence-electron chi connectivity index (χ0n) is 10.1. The number of nitrogens with one attached hydrogen (secondary N) is 1. The number of benzene rings is 1. The third-order valence-corrected chi connectivity index (χ3v) is 3.22. The van der Waals surface area contributed by atoms with Crippen molar-refractivity contribution in [1.82, 2.24) is 4.98 Å². The Balaban J connectivity index is 2.02. The number of pyridine rings is 1. The van der Waals surface area contributed by atoms with Crippen LogP contribution in [-0.2, 0) is 6.54 Å². The van der Waals surface area contributed by atoms with Crippen LogP contribution in [0, 0.1) is 6.92 Å². The number of nitrogens with zero attached hydrogens (tertiary/aromatic N) is 1. The Kier molecular flexibility index (Phi) is 4.04. The number of aromatic nitrogens is 1. The largest absolute Gasteiger partial charge is 0.381 e. The van der Waals surface area contributed by atoms with E-state index in [4.69, 9.17) is 0 Å². The van der Waals surface area contributed by atoms with Crippen LogP contribution in [0.4, 0.5) is 5.69 Å². The van der Waals surface area contributed by atoms with Gasteiger partial charge in [0.1, 0.15) is 0 Å². The lowest BCUT2D eigenvalue weighted by atomic mass is 10.2. The first-order chi connectivity index (χ1) is 8.28. The van der Waals surface area contributed by atoms with Crippen LogP contribution < -0.4 is 5.32 Å². The van der Waals surface area contributed by atoms with E-state index >= 15 is 0 Å². The summed E-state index contributed by atoms with van der Waals surface area (Å²) in [5.41, 5.74) is 3.56. The molecule has 1 aromatic carbocycles. The second-order valence-corrected chi connectivity index (χ2v) is 4.84. The van der Waals surface area contributed by atoms with Crippen molar-refractivity contribution in [2.75, 3.05) is 11.6 Å². The minimum absolute atomic E-state index is 0.812. The van der Waals surface area contributed by atoms with Gasteiger partial charge in [0.2, 0.25) is 0 Å². The van der Waals surface area contributed by atoms with E-state index in [1.165, 1.54) is 16.0 Å². The molecule has 0 aliphatic heterocycles. The third kappa shape index (κ3) is 3.49. The summed E-state index contributed by atoms with van der Waals surface area (Å²) in [5.74, 6) is 0. The van der Waals surface area contributed by atoms with Gasteiger partial charge in [0, 0.05) is 29.5 Å².